The Morgan fingerprint density at radius 1 is 0.935 bits per heavy atom. The Labute approximate surface area is 176 Å². The molecule has 0 aromatic heterocycles. The van der Waals surface area contributed by atoms with E-state index in [9.17, 15) is 23.1 Å². The van der Waals surface area contributed by atoms with Gasteiger partial charge in [-0.25, -0.2) is 13.2 Å². The molecular weight excluding hydrogens is 405 g/mol. The largest absolute Gasteiger partial charge is 0.481 e. The Kier molecular flexibility index (Phi) is 5.38. The summed E-state index contributed by atoms with van der Waals surface area (Å²) in [4.78, 5) is 11.3. The minimum Gasteiger partial charge on any atom is -0.481 e. The molecule has 0 fully saturated rings. The van der Waals surface area contributed by atoms with Gasteiger partial charge in [0.1, 0.15) is 17.3 Å². The summed E-state index contributed by atoms with van der Waals surface area (Å²) < 4.78 is 47.0. The first kappa shape index (κ1) is 20.5. The third-order valence-corrected chi connectivity index (χ3v) is 5.11. The van der Waals surface area contributed by atoms with E-state index >= 15 is 0 Å². The monoisotopic (exact) mass is 422 g/mol. The number of fused-ring (bicyclic) bond motifs is 1. The van der Waals surface area contributed by atoms with Crippen LogP contribution in [0.15, 0.2) is 66.2 Å². The fourth-order valence-corrected chi connectivity index (χ4v) is 3.62. The third-order valence-electron chi connectivity index (χ3n) is 5.11. The van der Waals surface area contributed by atoms with E-state index in [0.29, 0.717) is 28.2 Å². The lowest BCUT2D eigenvalue weighted by molar-refractivity contribution is -0.135. The lowest BCUT2D eigenvalue weighted by atomic mass is 10.00. The maximum atomic E-state index is 14.5. The van der Waals surface area contributed by atoms with Gasteiger partial charge in [-0.2, -0.15) is 0 Å². The van der Waals surface area contributed by atoms with Gasteiger partial charge in [0.2, 0.25) is 0 Å². The van der Waals surface area contributed by atoms with E-state index in [1.807, 2.05) is 0 Å². The molecule has 6 heteroatoms. The number of carboxylic acid groups (broad SMARTS) is 1. The van der Waals surface area contributed by atoms with Gasteiger partial charge in [0.25, 0.3) is 0 Å². The van der Waals surface area contributed by atoms with Crippen LogP contribution in [-0.4, -0.2) is 11.1 Å². The molecule has 31 heavy (non-hydrogen) atoms. The molecule has 0 saturated carbocycles. The molecule has 1 N–H and O–H groups in total. The van der Waals surface area contributed by atoms with Crippen LogP contribution >= 0.6 is 0 Å². The molecule has 3 aromatic carbocycles. The second kappa shape index (κ2) is 8.14. The van der Waals surface area contributed by atoms with Gasteiger partial charge in [-0.15, -0.1) is 0 Å². The van der Waals surface area contributed by atoms with Crippen LogP contribution in [-0.2, 0) is 4.79 Å². The first-order chi connectivity index (χ1) is 14.8. The van der Waals surface area contributed by atoms with Crippen molar-refractivity contribution in [2.45, 2.75) is 13.3 Å². The van der Waals surface area contributed by atoms with E-state index in [-0.39, 0.29) is 17.0 Å². The molecule has 0 atom stereocenters. The number of carbonyl (C=O) groups is 1. The zero-order valence-electron chi connectivity index (χ0n) is 16.5. The average Bonchev–Trinajstić information content (AvgIpc) is 2.99. The van der Waals surface area contributed by atoms with Gasteiger partial charge in [0, 0.05) is 5.56 Å². The minimum absolute atomic E-state index is 0.00223. The highest BCUT2D eigenvalue weighted by Crippen LogP contribution is 2.45. The van der Waals surface area contributed by atoms with Crippen molar-refractivity contribution in [1.29, 1.82) is 0 Å². The molecule has 0 amide bonds. The van der Waals surface area contributed by atoms with Gasteiger partial charge in [0.05, 0.1) is 6.42 Å². The van der Waals surface area contributed by atoms with Crippen molar-refractivity contribution < 1.29 is 27.8 Å². The van der Waals surface area contributed by atoms with E-state index in [1.54, 1.807) is 37.3 Å². The lowest BCUT2D eigenvalue weighted by Crippen LogP contribution is -2.00. The van der Waals surface area contributed by atoms with Gasteiger partial charge in [0.15, 0.2) is 11.6 Å². The van der Waals surface area contributed by atoms with Crippen LogP contribution in [0.4, 0.5) is 13.2 Å². The highest BCUT2D eigenvalue weighted by Gasteiger charge is 2.29. The summed E-state index contributed by atoms with van der Waals surface area (Å²) in [5.74, 6) is -2.49. The summed E-state index contributed by atoms with van der Waals surface area (Å²) in [6.07, 6.45) is 1.39. The van der Waals surface area contributed by atoms with Gasteiger partial charge < -0.3 is 9.84 Å². The molecule has 0 bridgehead atoms. The van der Waals surface area contributed by atoms with Crippen LogP contribution < -0.4 is 4.74 Å². The second-order valence-corrected chi connectivity index (χ2v) is 7.14. The van der Waals surface area contributed by atoms with Crippen molar-refractivity contribution in [3.05, 3.63) is 100 Å². The highest BCUT2D eigenvalue weighted by molar-refractivity contribution is 6.07. The Morgan fingerprint density at radius 2 is 1.55 bits per heavy atom. The van der Waals surface area contributed by atoms with Crippen molar-refractivity contribution >= 4 is 23.2 Å². The van der Waals surface area contributed by atoms with Crippen molar-refractivity contribution in [3.63, 3.8) is 0 Å². The summed E-state index contributed by atoms with van der Waals surface area (Å²) in [5.41, 5.74) is 2.72. The summed E-state index contributed by atoms with van der Waals surface area (Å²) in [6.45, 7) is 1.70. The minimum atomic E-state index is -1.12. The molecule has 0 heterocycles. The molecule has 1 aliphatic carbocycles. The van der Waals surface area contributed by atoms with Crippen molar-refractivity contribution in [2.75, 3.05) is 0 Å². The second-order valence-electron chi connectivity index (χ2n) is 7.14. The maximum Gasteiger partial charge on any atom is 0.307 e. The summed E-state index contributed by atoms with van der Waals surface area (Å²) in [6, 6.07) is 15.2. The van der Waals surface area contributed by atoms with E-state index < -0.39 is 24.0 Å². The Bertz CT molecular complexity index is 1220. The normalized spacial score (nSPS) is 14.1. The van der Waals surface area contributed by atoms with Crippen LogP contribution in [0.3, 0.4) is 0 Å². The predicted octanol–water partition coefficient (Wildman–Crippen LogP) is 6.70. The van der Waals surface area contributed by atoms with Gasteiger partial charge >= 0.3 is 5.97 Å². The molecule has 0 spiro atoms. The van der Waals surface area contributed by atoms with Crippen LogP contribution in [0, 0.1) is 17.5 Å². The fourth-order valence-electron chi connectivity index (χ4n) is 3.62. The first-order valence-electron chi connectivity index (χ1n) is 9.49. The number of aliphatic carboxylic acids is 1. The molecule has 3 nitrogen and oxygen atoms in total. The zero-order valence-corrected chi connectivity index (χ0v) is 16.5. The van der Waals surface area contributed by atoms with Crippen molar-refractivity contribution in [2.24, 2.45) is 0 Å². The first-order valence-corrected chi connectivity index (χ1v) is 9.49. The highest BCUT2D eigenvalue weighted by atomic mass is 19.2. The summed E-state index contributed by atoms with van der Waals surface area (Å²) in [7, 11) is 0. The van der Waals surface area contributed by atoms with Gasteiger partial charge in [-0.05, 0) is 83.3 Å². The number of halogens is 3. The number of hydrogen-bond donors (Lipinski definition) is 1. The molecule has 0 saturated heterocycles. The quantitative estimate of drug-likeness (QED) is 0.498. The van der Waals surface area contributed by atoms with E-state index in [1.165, 1.54) is 30.3 Å². The molecule has 0 unspecified atom stereocenters. The van der Waals surface area contributed by atoms with Crippen molar-refractivity contribution in [3.8, 4) is 11.5 Å². The molecule has 0 radical (unpaired) electrons. The number of benzene rings is 3. The van der Waals surface area contributed by atoms with Crippen LogP contribution in [0.5, 0.6) is 11.5 Å². The third kappa shape index (κ3) is 4.10. The Balaban J connectivity index is 1.68. The molecular formula is C25H17F3O3. The van der Waals surface area contributed by atoms with Crippen LogP contribution in [0.1, 0.15) is 30.0 Å². The fraction of sp³-hybridized carbons (Fsp3) is 0.0800. The summed E-state index contributed by atoms with van der Waals surface area (Å²) >= 11 is 0. The number of allylic oxidation sites excluding steroid dienone is 2. The zero-order chi connectivity index (χ0) is 22.1. The van der Waals surface area contributed by atoms with E-state index in [0.717, 1.165) is 11.6 Å². The molecule has 1 aliphatic rings. The molecule has 0 aliphatic heterocycles. The van der Waals surface area contributed by atoms with Gasteiger partial charge in [-0.3, -0.25) is 4.79 Å². The Hall–Kier alpha value is -3.80. The number of carboxylic acids is 1. The smallest absolute Gasteiger partial charge is 0.307 e. The number of rotatable bonds is 5. The number of hydrogen-bond acceptors (Lipinski definition) is 2. The Morgan fingerprint density at radius 3 is 2.16 bits per heavy atom. The van der Waals surface area contributed by atoms with E-state index in [4.69, 9.17) is 4.74 Å². The molecule has 156 valence electrons. The average molecular weight is 422 g/mol. The molecule has 3 aromatic rings. The standard InChI is InChI=1S/C25H17F3O3/c1-14-20(19-10-11-22(27)25(28)24(19)21(14)13-23(29)30)12-15-2-6-17(7-3-15)31-18-8-4-16(26)5-9-18/h2-12H,13H2,1H3,(H,29,30)/b20-12-. The topological polar surface area (TPSA) is 46.5 Å². The van der Waals surface area contributed by atoms with E-state index in [2.05, 4.69) is 0 Å². The number of ether oxygens (including phenoxy) is 1. The SMILES string of the molecule is CC1=C(CC(=O)O)c2c(ccc(F)c2F)/C1=C\c1ccc(Oc2ccc(F)cc2)cc1. The predicted molar refractivity (Wildman–Crippen MR) is 112 cm³/mol. The van der Waals surface area contributed by atoms with Crippen molar-refractivity contribution in [1.82, 2.24) is 0 Å². The lowest BCUT2D eigenvalue weighted by Gasteiger charge is -2.07. The molecule has 4 rings (SSSR count). The maximum absolute atomic E-state index is 14.5. The summed E-state index contributed by atoms with van der Waals surface area (Å²) in [5, 5.41) is 9.22. The van der Waals surface area contributed by atoms with Gasteiger partial charge in [-0.1, -0.05) is 18.2 Å². The van der Waals surface area contributed by atoms with Crippen LogP contribution in [0.2, 0.25) is 0 Å². The van der Waals surface area contributed by atoms with Crippen LogP contribution in [0.25, 0.3) is 17.2 Å².